The standard InChI is InChI=1S/C17H16BrNO3S/c1-10-13(17(21)22)8-9-19(10)16(20)15-7-6-14(23-15)11-2-4-12(18)5-3-11/h2-7,10,13H,8-9H2,1H3,(H,21,22). The molecule has 0 bridgehead atoms. The third-order valence-corrected chi connectivity index (χ3v) is 5.93. The van der Waals surface area contributed by atoms with Gasteiger partial charge in [0.15, 0.2) is 0 Å². The van der Waals surface area contributed by atoms with Crippen molar-refractivity contribution < 1.29 is 14.7 Å². The van der Waals surface area contributed by atoms with Gasteiger partial charge in [-0.1, -0.05) is 28.1 Å². The van der Waals surface area contributed by atoms with E-state index in [1.807, 2.05) is 43.3 Å². The molecule has 0 radical (unpaired) electrons. The number of amides is 1. The molecule has 23 heavy (non-hydrogen) atoms. The average molecular weight is 394 g/mol. The second-order valence-electron chi connectivity index (χ2n) is 5.64. The molecule has 1 aromatic heterocycles. The number of carboxylic acids is 1. The van der Waals surface area contributed by atoms with Crippen LogP contribution < -0.4 is 0 Å². The van der Waals surface area contributed by atoms with Gasteiger partial charge in [-0.3, -0.25) is 9.59 Å². The Morgan fingerprint density at radius 3 is 2.52 bits per heavy atom. The van der Waals surface area contributed by atoms with Crippen LogP contribution in [0.15, 0.2) is 40.9 Å². The highest BCUT2D eigenvalue weighted by Crippen LogP contribution is 2.32. The number of rotatable bonds is 3. The molecule has 0 saturated carbocycles. The number of likely N-dealkylation sites (tertiary alicyclic amines) is 1. The molecule has 120 valence electrons. The van der Waals surface area contributed by atoms with E-state index in [0.29, 0.717) is 17.8 Å². The molecule has 2 aromatic rings. The first-order valence-electron chi connectivity index (χ1n) is 7.37. The quantitative estimate of drug-likeness (QED) is 0.853. The van der Waals surface area contributed by atoms with Gasteiger partial charge in [-0.25, -0.2) is 0 Å². The van der Waals surface area contributed by atoms with Crippen molar-refractivity contribution in [3.05, 3.63) is 45.7 Å². The first-order valence-corrected chi connectivity index (χ1v) is 8.98. The van der Waals surface area contributed by atoms with Gasteiger partial charge < -0.3 is 10.0 Å². The van der Waals surface area contributed by atoms with E-state index < -0.39 is 11.9 Å². The minimum Gasteiger partial charge on any atom is -0.481 e. The zero-order valence-electron chi connectivity index (χ0n) is 12.5. The molecule has 1 saturated heterocycles. The largest absolute Gasteiger partial charge is 0.481 e. The SMILES string of the molecule is CC1C(C(=O)O)CCN1C(=O)c1ccc(-c2ccc(Br)cc2)s1. The van der Waals surface area contributed by atoms with Crippen molar-refractivity contribution in [2.75, 3.05) is 6.54 Å². The number of carboxylic acid groups (broad SMARTS) is 1. The molecular weight excluding hydrogens is 378 g/mol. The summed E-state index contributed by atoms with van der Waals surface area (Å²) in [6, 6.07) is 11.4. The fourth-order valence-electron chi connectivity index (χ4n) is 2.92. The summed E-state index contributed by atoms with van der Waals surface area (Å²) < 4.78 is 1.01. The molecule has 1 aliphatic heterocycles. The smallest absolute Gasteiger partial charge is 0.308 e. The molecule has 4 nitrogen and oxygen atoms in total. The minimum absolute atomic E-state index is 0.0744. The van der Waals surface area contributed by atoms with E-state index in [0.717, 1.165) is 14.9 Å². The maximum Gasteiger partial charge on any atom is 0.308 e. The zero-order valence-corrected chi connectivity index (χ0v) is 14.9. The Hall–Kier alpha value is -1.66. The van der Waals surface area contributed by atoms with Crippen molar-refractivity contribution in [2.24, 2.45) is 5.92 Å². The second kappa shape index (κ2) is 6.45. The van der Waals surface area contributed by atoms with Crippen LogP contribution >= 0.6 is 27.3 Å². The Labute approximate surface area is 146 Å². The van der Waals surface area contributed by atoms with E-state index in [1.54, 1.807) is 4.90 Å². The van der Waals surface area contributed by atoms with Gasteiger partial charge in [0, 0.05) is 21.9 Å². The fraction of sp³-hybridized carbons (Fsp3) is 0.294. The van der Waals surface area contributed by atoms with E-state index in [9.17, 15) is 14.7 Å². The van der Waals surface area contributed by atoms with E-state index in [1.165, 1.54) is 11.3 Å². The first kappa shape index (κ1) is 16.2. The summed E-state index contributed by atoms with van der Waals surface area (Å²) >= 11 is 4.85. The van der Waals surface area contributed by atoms with Gasteiger partial charge in [0.25, 0.3) is 5.91 Å². The van der Waals surface area contributed by atoms with Gasteiger partial charge in [0.05, 0.1) is 10.8 Å². The van der Waals surface area contributed by atoms with Gasteiger partial charge >= 0.3 is 5.97 Å². The van der Waals surface area contributed by atoms with Crippen molar-refractivity contribution in [2.45, 2.75) is 19.4 Å². The number of thiophene rings is 1. The predicted octanol–water partition coefficient (Wildman–Crippen LogP) is 4.11. The molecule has 2 unspecified atom stereocenters. The van der Waals surface area contributed by atoms with Gasteiger partial charge in [-0.15, -0.1) is 11.3 Å². The Kier molecular flexibility index (Phi) is 4.55. The first-order chi connectivity index (χ1) is 11.0. The maximum absolute atomic E-state index is 12.7. The highest BCUT2D eigenvalue weighted by molar-refractivity contribution is 9.10. The van der Waals surface area contributed by atoms with Crippen LogP contribution in [0.1, 0.15) is 23.0 Å². The van der Waals surface area contributed by atoms with E-state index in [4.69, 9.17) is 0 Å². The van der Waals surface area contributed by atoms with Crippen LogP contribution in [0.3, 0.4) is 0 Å². The number of benzene rings is 1. The minimum atomic E-state index is -0.825. The lowest BCUT2D eigenvalue weighted by molar-refractivity contribution is -0.142. The molecule has 2 atom stereocenters. The molecule has 1 aromatic carbocycles. The van der Waals surface area contributed by atoms with Crippen LogP contribution in [-0.4, -0.2) is 34.5 Å². The summed E-state index contributed by atoms with van der Waals surface area (Å²) in [5, 5.41) is 9.19. The third-order valence-electron chi connectivity index (χ3n) is 4.28. The normalized spacial score (nSPS) is 20.7. The monoisotopic (exact) mass is 393 g/mol. The molecule has 1 fully saturated rings. The van der Waals surface area contributed by atoms with Crippen molar-refractivity contribution in [1.29, 1.82) is 0 Å². The summed E-state index contributed by atoms with van der Waals surface area (Å²) in [5.74, 6) is -1.37. The second-order valence-corrected chi connectivity index (χ2v) is 7.64. The summed E-state index contributed by atoms with van der Waals surface area (Å²) in [4.78, 5) is 27.2. The molecule has 2 heterocycles. The van der Waals surface area contributed by atoms with Gasteiger partial charge in [0.1, 0.15) is 0 Å². The van der Waals surface area contributed by atoms with Crippen LogP contribution in [0.4, 0.5) is 0 Å². The number of carbonyl (C=O) groups excluding carboxylic acids is 1. The van der Waals surface area contributed by atoms with E-state index in [-0.39, 0.29) is 11.9 Å². The topological polar surface area (TPSA) is 57.6 Å². The predicted molar refractivity (Wildman–Crippen MR) is 93.7 cm³/mol. The van der Waals surface area contributed by atoms with Crippen molar-refractivity contribution in [3.8, 4) is 10.4 Å². The van der Waals surface area contributed by atoms with Crippen LogP contribution in [0.2, 0.25) is 0 Å². The Morgan fingerprint density at radius 2 is 1.91 bits per heavy atom. The van der Waals surface area contributed by atoms with Crippen molar-refractivity contribution >= 4 is 39.1 Å². The molecule has 6 heteroatoms. The van der Waals surface area contributed by atoms with E-state index >= 15 is 0 Å². The highest BCUT2D eigenvalue weighted by atomic mass is 79.9. The number of hydrogen-bond donors (Lipinski definition) is 1. The van der Waals surface area contributed by atoms with Crippen molar-refractivity contribution in [1.82, 2.24) is 4.90 Å². The number of carbonyl (C=O) groups is 2. The molecule has 1 amide bonds. The molecule has 3 rings (SSSR count). The lowest BCUT2D eigenvalue weighted by Crippen LogP contribution is -2.37. The van der Waals surface area contributed by atoms with Crippen LogP contribution in [0.5, 0.6) is 0 Å². The number of hydrogen-bond acceptors (Lipinski definition) is 3. The van der Waals surface area contributed by atoms with Crippen LogP contribution in [-0.2, 0) is 4.79 Å². The average Bonchev–Trinajstić information content (AvgIpc) is 3.14. The van der Waals surface area contributed by atoms with Crippen molar-refractivity contribution in [3.63, 3.8) is 0 Å². The Bertz CT molecular complexity index is 741. The summed E-state index contributed by atoms with van der Waals surface area (Å²) in [6.45, 7) is 2.31. The number of aliphatic carboxylic acids is 1. The van der Waals surface area contributed by atoms with Gasteiger partial charge in [0.2, 0.25) is 0 Å². The molecule has 0 spiro atoms. The summed E-state index contributed by atoms with van der Waals surface area (Å²) in [6.07, 6.45) is 0.521. The zero-order chi connectivity index (χ0) is 16.6. The fourth-order valence-corrected chi connectivity index (χ4v) is 4.15. The van der Waals surface area contributed by atoms with Crippen LogP contribution in [0.25, 0.3) is 10.4 Å². The lowest BCUT2D eigenvalue weighted by atomic mass is 10.0. The highest BCUT2D eigenvalue weighted by Gasteiger charge is 2.38. The lowest BCUT2D eigenvalue weighted by Gasteiger charge is -2.22. The number of halogens is 1. The van der Waals surface area contributed by atoms with Crippen LogP contribution in [0, 0.1) is 5.92 Å². The molecule has 1 N–H and O–H groups in total. The Morgan fingerprint density at radius 1 is 1.22 bits per heavy atom. The maximum atomic E-state index is 12.7. The summed E-state index contributed by atoms with van der Waals surface area (Å²) in [5.41, 5.74) is 1.06. The molecule has 1 aliphatic rings. The van der Waals surface area contributed by atoms with E-state index in [2.05, 4.69) is 15.9 Å². The Balaban J connectivity index is 1.79. The molecule has 0 aliphatic carbocycles. The molecular formula is C17H16BrNO3S. The van der Waals surface area contributed by atoms with Gasteiger partial charge in [-0.2, -0.15) is 0 Å². The third kappa shape index (κ3) is 3.19. The number of nitrogens with zero attached hydrogens (tertiary/aromatic N) is 1. The van der Waals surface area contributed by atoms with Gasteiger partial charge in [-0.05, 0) is 43.2 Å². The summed E-state index contributed by atoms with van der Waals surface area (Å²) in [7, 11) is 0.